The van der Waals surface area contributed by atoms with Crippen LogP contribution in [0.2, 0.25) is 0 Å². The predicted octanol–water partition coefficient (Wildman–Crippen LogP) is 1.92. The van der Waals surface area contributed by atoms with Gasteiger partial charge in [0.1, 0.15) is 0 Å². The van der Waals surface area contributed by atoms with Crippen LogP contribution >= 0.6 is 0 Å². The van der Waals surface area contributed by atoms with Crippen molar-refractivity contribution >= 4 is 11.9 Å². The largest absolute Gasteiger partial charge is 0.381 e. The molecule has 1 aromatic rings. The van der Waals surface area contributed by atoms with Gasteiger partial charge < -0.3 is 4.74 Å². The van der Waals surface area contributed by atoms with E-state index < -0.39 is 0 Å². The number of carbonyl (C=O) groups excluding carboxylic acids is 1. The van der Waals surface area contributed by atoms with E-state index in [1.165, 1.54) is 0 Å². The Morgan fingerprint density at radius 2 is 2.24 bits per heavy atom. The van der Waals surface area contributed by atoms with Crippen molar-refractivity contribution in [2.24, 2.45) is 7.05 Å². The van der Waals surface area contributed by atoms with Crippen molar-refractivity contribution < 1.29 is 9.53 Å². The zero-order valence-electron chi connectivity index (χ0n) is 10.3. The second-order valence-electron chi connectivity index (χ2n) is 4.47. The molecule has 0 N–H and O–H groups in total. The van der Waals surface area contributed by atoms with Crippen LogP contribution in [0.25, 0.3) is 6.08 Å². The number of carbonyl (C=O) groups is 1. The molecule has 1 fully saturated rings. The van der Waals surface area contributed by atoms with Crippen molar-refractivity contribution in [3.05, 3.63) is 23.5 Å². The zero-order chi connectivity index (χ0) is 12.3. The minimum Gasteiger partial charge on any atom is -0.381 e. The summed E-state index contributed by atoms with van der Waals surface area (Å²) in [5, 5.41) is 4.51. The number of ether oxygens (including phenoxy) is 1. The summed E-state index contributed by atoms with van der Waals surface area (Å²) >= 11 is 0. The monoisotopic (exact) mass is 234 g/mol. The number of aromatic nitrogens is 2. The van der Waals surface area contributed by atoms with E-state index in [4.69, 9.17) is 4.74 Å². The molecule has 0 unspecified atom stereocenters. The summed E-state index contributed by atoms with van der Waals surface area (Å²) in [5.74, 6) is 0.517. The normalized spacial score (nSPS) is 17.8. The van der Waals surface area contributed by atoms with Gasteiger partial charge in [-0.15, -0.1) is 0 Å². The van der Waals surface area contributed by atoms with Gasteiger partial charge in [-0.05, 0) is 31.9 Å². The third-order valence-electron chi connectivity index (χ3n) is 2.99. The molecule has 0 saturated carbocycles. The van der Waals surface area contributed by atoms with E-state index in [-0.39, 0.29) is 5.78 Å². The van der Waals surface area contributed by atoms with Crippen LogP contribution in [0.3, 0.4) is 0 Å². The standard InChI is InChI=1S/C13H18N2O2/c1-10(16)3-4-12-9-15(2)14-13(12)11-5-7-17-8-6-11/h3-4,9,11H,5-8H2,1-2H3/b4-3+. The van der Waals surface area contributed by atoms with E-state index in [1.54, 1.807) is 13.0 Å². The number of hydrogen-bond acceptors (Lipinski definition) is 3. The van der Waals surface area contributed by atoms with Gasteiger partial charge in [-0.25, -0.2) is 0 Å². The molecule has 0 spiro atoms. The first-order chi connectivity index (χ1) is 8.16. The summed E-state index contributed by atoms with van der Waals surface area (Å²) in [7, 11) is 1.91. The highest BCUT2D eigenvalue weighted by Crippen LogP contribution is 2.28. The third-order valence-corrected chi connectivity index (χ3v) is 2.99. The first-order valence-corrected chi connectivity index (χ1v) is 5.97. The molecular weight excluding hydrogens is 216 g/mol. The lowest BCUT2D eigenvalue weighted by Gasteiger charge is -2.20. The van der Waals surface area contributed by atoms with E-state index in [0.717, 1.165) is 37.3 Å². The molecule has 1 aliphatic heterocycles. The Hall–Kier alpha value is -1.42. The Labute approximate surface area is 101 Å². The Bertz CT molecular complexity index is 429. The highest BCUT2D eigenvalue weighted by molar-refractivity contribution is 5.91. The molecule has 0 aromatic carbocycles. The molecule has 0 radical (unpaired) electrons. The van der Waals surface area contributed by atoms with Gasteiger partial charge in [-0.1, -0.05) is 0 Å². The minimum atomic E-state index is 0.0618. The lowest BCUT2D eigenvalue weighted by molar-refractivity contribution is -0.112. The lowest BCUT2D eigenvalue weighted by atomic mass is 9.94. The summed E-state index contributed by atoms with van der Waals surface area (Å²) in [5.41, 5.74) is 2.14. The number of nitrogens with zero attached hydrogens (tertiary/aromatic N) is 2. The smallest absolute Gasteiger partial charge is 0.152 e. The molecule has 0 aliphatic carbocycles. The topological polar surface area (TPSA) is 44.1 Å². The fourth-order valence-electron chi connectivity index (χ4n) is 2.15. The van der Waals surface area contributed by atoms with Gasteiger partial charge >= 0.3 is 0 Å². The van der Waals surface area contributed by atoms with Gasteiger partial charge in [0.15, 0.2) is 5.78 Å². The molecule has 1 aromatic heterocycles. The summed E-state index contributed by atoms with van der Waals surface area (Å²) < 4.78 is 7.17. The van der Waals surface area contributed by atoms with E-state index >= 15 is 0 Å². The van der Waals surface area contributed by atoms with Crippen LogP contribution in [0.15, 0.2) is 12.3 Å². The number of hydrogen-bond donors (Lipinski definition) is 0. The zero-order valence-corrected chi connectivity index (χ0v) is 10.3. The van der Waals surface area contributed by atoms with Gasteiger partial charge in [-0.2, -0.15) is 5.10 Å². The molecule has 2 rings (SSSR count). The van der Waals surface area contributed by atoms with Crippen molar-refractivity contribution in [2.75, 3.05) is 13.2 Å². The van der Waals surface area contributed by atoms with E-state index in [2.05, 4.69) is 5.10 Å². The van der Waals surface area contributed by atoms with Crippen molar-refractivity contribution in [1.29, 1.82) is 0 Å². The van der Waals surface area contributed by atoms with Crippen molar-refractivity contribution in [3.63, 3.8) is 0 Å². The average Bonchev–Trinajstić information content (AvgIpc) is 2.69. The van der Waals surface area contributed by atoms with Gasteiger partial charge in [0.25, 0.3) is 0 Å². The summed E-state index contributed by atoms with van der Waals surface area (Å²) in [6.07, 6.45) is 7.44. The Kier molecular flexibility index (Phi) is 3.74. The predicted molar refractivity (Wildman–Crippen MR) is 65.7 cm³/mol. The fourth-order valence-corrected chi connectivity index (χ4v) is 2.15. The molecule has 4 heteroatoms. The first-order valence-electron chi connectivity index (χ1n) is 5.97. The minimum absolute atomic E-state index is 0.0618. The SMILES string of the molecule is CC(=O)/C=C/c1cn(C)nc1C1CCOCC1. The molecule has 17 heavy (non-hydrogen) atoms. The van der Waals surface area contributed by atoms with Crippen LogP contribution in [0.5, 0.6) is 0 Å². The molecule has 0 atom stereocenters. The lowest BCUT2D eigenvalue weighted by Crippen LogP contribution is -2.15. The van der Waals surface area contributed by atoms with Crippen LogP contribution in [0.1, 0.15) is 36.9 Å². The molecule has 1 aliphatic rings. The molecule has 0 amide bonds. The van der Waals surface area contributed by atoms with Crippen molar-refractivity contribution in [2.45, 2.75) is 25.7 Å². The average molecular weight is 234 g/mol. The molecule has 1 saturated heterocycles. The number of aryl methyl sites for hydroxylation is 1. The number of ketones is 1. The molecule has 2 heterocycles. The number of rotatable bonds is 3. The maximum absolute atomic E-state index is 11.0. The van der Waals surface area contributed by atoms with Crippen LogP contribution in [0.4, 0.5) is 0 Å². The van der Waals surface area contributed by atoms with Gasteiger partial charge in [-0.3, -0.25) is 9.48 Å². The fraction of sp³-hybridized carbons (Fsp3) is 0.538. The van der Waals surface area contributed by atoms with Gasteiger partial charge in [0.05, 0.1) is 5.69 Å². The second-order valence-corrected chi connectivity index (χ2v) is 4.47. The number of allylic oxidation sites excluding steroid dienone is 1. The molecular formula is C13H18N2O2. The Balaban J connectivity index is 2.22. The van der Waals surface area contributed by atoms with Crippen molar-refractivity contribution in [3.8, 4) is 0 Å². The molecule has 92 valence electrons. The molecule has 4 nitrogen and oxygen atoms in total. The van der Waals surface area contributed by atoms with E-state index in [9.17, 15) is 4.79 Å². The first kappa shape index (κ1) is 12.0. The maximum atomic E-state index is 11.0. The Morgan fingerprint density at radius 1 is 1.53 bits per heavy atom. The highest BCUT2D eigenvalue weighted by atomic mass is 16.5. The third kappa shape index (κ3) is 3.03. The summed E-state index contributed by atoms with van der Waals surface area (Å²) in [6.45, 7) is 3.16. The van der Waals surface area contributed by atoms with Crippen LogP contribution in [-0.2, 0) is 16.6 Å². The Morgan fingerprint density at radius 3 is 2.88 bits per heavy atom. The summed E-state index contributed by atoms with van der Waals surface area (Å²) in [4.78, 5) is 11.0. The van der Waals surface area contributed by atoms with Crippen LogP contribution in [-0.4, -0.2) is 28.8 Å². The van der Waals surface area contributed by atoms with E-state index in [0.29, 0.717) is 5.92 Å². The maximum Gasteiger partial charge on any atom is 0.152 e. The van der Waals surface area contributed by atoms with Crippen LogP contribution in [0, 0.1) is 0 Å². The van der Waals surface area contributed by atoms with E-state index in [1.807, 2.05) is 24.0 Å². The highest BCUT2D eigenvalue weighted by Gasteiger charge is 2.20. The van der Waals surface area contributed by atoms with Crippen LogP contribution < -0.4 is 0 Å². The van der Waals surface area contributed by atoms with Crippen molar-refractivity contribution in [1.82, 2.24) is 9.78 Å². The summed E-state index contributed by atoms with van der Waals surface area (Å²) in [6, 6.07) is 0. The van der Waals surface area contributed by atoms with Gasteiger partial charge in [0, 0.05) is 37.9 Å². The van der Waals surface area contributed by atoms with Gasteiger partial charge in [0.2, 0.25) is 0 Å². The second kappa shape index (κ2) is 5.27. The quantitative estimate of drug-likeness (QED) is 0.750. The molecule has 0 bridgehead atoms.